The number of rotatable bonds is 4. The van der Waals surface area contributed by atoms with Gasteiger partial charge in [0, 0.05) is 24.7 Å². The summed E-state index contributed by atoms with van der Waals surface area (Å²) in [6.45, 7) is 8.77. The van der Waals surface area contributed by atoms with Crippen LogP contribution in [-0.2, 0) is 14.8 Å². The SMILES string of the molecule is Cc1ccc(S(=O)(=O)NC(C)C)cc1C(=O)N1CCO[C@@H](C)C1. The third-order valence-electron chi connectivity index (χ3n) is 3.67. The lowest BCUT2D eigenvalue weighted by molar-refractivity contribution is -0.0124. The number of nitrogens with one attached hydrogen (secondary N) is 1. The first-order valence-electron chi connectivity index (χ1n) is 7.74. The standard InChI is InChI=1S/C16H24N2O4S/c1-11(2)17-23(20,21)14-6-5-12(3)15(9-14)16(19)18-7-8-22-13(4)10-18/h5-6,9,11,13,17H,7-8,10H2,1-4H3/t13-/m0/s1. The fourth-order valence-electron chi connectivity index (χ4n) is 2.55. The fraction of sp³-hybridized carbons (Fsp3) is 0.562. The van der Waals surface area contributed by atoms with Crippen LogP contribution < -0.4 is 4.72 Å². The lowest BCUT2D eigenvalue weighted by Crippen LogP contribution is -2.44. The largest absolute Gasteiger partial charge is 0.375 e. The molecule has 128 valence electrons. The molecule has 0 bridgehead atoms. The number of morpholine rings is 1. The lowest BCUT2D eigenvalue weighted by atomic mass is 10.1. The van der Waals surface area contributed by atoms with Gasteiger partial charge in [-0.2, -0.15) is 0 Å². The van der Waals surface area contributed by atoms with E-state index >= 15 is 0 Å². The van der Waals surface area contributed by atoms with Crippen molar-refractivity contribution in [1.29, 1.82) is 0 Å². The van der Waals surface area contributed by atoms with E-state index in [1.54, 1.807) is 24.8 Å². The van der Waals surface area contributed by atoms with Crippen LogP contribution in [0.3, 0.4) is 0 Å². The molecule has 0 aromatic heterocycles. The highest BCUT2D eigenvalue weighted by molar-refractivity contribution is 7.89. The molecular weight excluding hydrogens is 316 g/mol. The molecule has 0 saturated carbocycles. The molecule has 1 amide bonds. The van der Waals surface area contributed by atoms with Gasteiger partial charge in [0.1, 0.15) is 0 Å². The maximum atomic E-state index is 12.7. The summed E-state index contributed by atoms with van der Waals surface area (Å²) in [6, 6.07) is 4.45. The molecule has 1 aliphatic heterocycles. The number of hydrogen-bond donors (Lipinski definition) is 1. The van der Waals surface area contributed by atoms with E-state index in [4.69, 9.17) is 4.74 Å². The summed E-state index contributed by atoms with van der Waals surface area (Å²) in [5, 5.41) is 0. The van der Waals surface area contributed by atoms with Gasteiger partial charge in [-0.3, -0.25) is 4.79 Å². The van der Waals surface area contributed by atoms with E-state index in [2.05, 4.69) is 4.72 Å². The van der Waals surface area contributed by atoms with Crippen molar-refractivity contribution in [2.75, 3.05) is 19.7 Å². The van der Waals surface area contributed by atoms with E-state index < -0.39 is 10.0 Å². The number of aryl methyl sites for hydroxylation is 1. The molecule has 2 rings (SSSR count). The number of carbonyl (C=O) groups excluding carboxylic acids is 1. The van der Waals surface area contributed by atoms with Crippen LogP contribution in [0.1, 0.15) is 36.7 Å². The first-order valence-corrected chi connectivity index (χ1v) is 9.23. The van der Waals surface area contributed by atoms with Gasteiger partial charge >= 0.3 is 0 Å². The monoisotopic (exact) mass is 340 g/mol. The number of benzene rings is 1. The van der Waals surface area contributed by atoms with E-state index in [9.17, 15) is 13.2 Å². The summed E-state index contributed by atoms with van der Waals surface area (Å²) in [5.41, 5.74) is 1.18. The Morgan fingerprint density at radius 1 is 1.39 bits per heavy atom. The molecule has 6 nitrogen and oxygen atoms in total. The number of hydrogen-bond acceptors (Lipinski definition) is 4. The summed E-state index contributed by atoms with van der Waals surface area (Å²) < 4.78 is 32.6. The third-order valence-corrected chi connectivity index (χ3v) is 5.33. The molecule has 1 aromatic rings. The fourth-order valence-corrected chi connectivity index (χ4v) is 3.83. The molecule has 1 fully saturated rings. The van der Waals surface area contributed by atoms with Gasteiger partial charge in [0.25, 0.3) is 5.91 Å². The highest BCUT2D eigenvalue weighted by atomic mass is 32.2. The average Bonchev–Trinajstić information content (AvgIpc) is 2.45. The number of nitrogens with zero attached hydrogens (tertiary/aromatic N) is 1. The van der Waals surface area contributed by atoms with E-state index in [-0.39, 0.29) is 22.9 Å². The average molecular weight is 340 g/mol. The number of carbonyl (C=O) groups is 1. The van der Waals surface area contributed by atoms with Crippen LogP contribution in [0.4, 0.5) is 0 Å². The molecule has 0 spiro atoms. The summed E-state index contributed by atoms with van der Waals surface area (Å²) >= 11 is 0. The molecule has 1 heterocycles. The molecule has 23 heavy (non-hydrogen) atoms. The summed E-state index contributed by atoms with van der Waals surface area (Å²) in [5.74, 6) is -0.153. The predicted octanol–water partition coefficient (Wildman–Crippen LogP) is 1.54. The summed E-state index contributed by atoms with van der Waals surface area (Å²) in [6.07, 6.45) is -0.0115. The van der Waals surface area contributed by atoms with Gasteiger partial charge in [0.05, 0.1) is 17.6 Å². The molecule has 0 unspecified atom stereocenters. The number of sulfonamides is 1. The van der Waals surface area contributed by atoms with Gasteiger partial charge in [0.2, 0.25) is 10.0 Å². The first-order chi connectivity index (χ1) is 10.7. The molecule has 0 aliphatic carbocycles. The maximum Gasteiger partial charge on any atom is 0.254 e. The van der Waals surface area contributed by atoms with Crippen molar-refractivity contribution in [3.05, 3.63) is 29.3 Å². The molecule has 7 heteroatoms. The molecule has 1 N–H and O–H groups in total. The molecule has 0 radical (unpaired) electrons. The topological polar surface area (TPSA) is 75.7 Å². The predicted molar refractivity (Wildman–Crippen MR) is 88.0 cm³/mol. The second-order valence-electron chi connectivity index (χ2n) is 6.19. The highest BCUT2D eigenvalue weighted by Crippen LogP contribution is 2.19. The summed E-state index contributed by atoms with van der Waals surface area (Å²) in [4.78, 5) is 14.5. The highest BCUT2D eigenvalue weighted by Gasteiger charge is 2.25. The second kappa shape index (κ2) is 6.98. The molecular formula is C16H24N2O4S. The van der Waals surface area contributed by atoms with Crippen LogP contribution in [0.15, 0.2) is 23.1 Å². The Balaban J connectivity index is 2.32. The Labute approximate surface area is 137 Å². The van der Waals surface area contributed by atoms with Gasteiger partial charge in [-0.15, -0.1) is 0 Å². The Hall–Kier alpha value is -1.44. The van der Waals surface area contributed by atoms with Crippen molar-refractivity contribution >= 4 is 15.9 Å². The smallest absolute Gasteiger partial charge is 0.254 e. The minimum absolute atomic E-state index is 0.0115. The minimum Gasteiger partial charge on any atom is -0.375 e. The molecule has 1 saturated heterocycles. The van der Waals surface area contributed by atoms with Gasteiger partial charge < -0.3 is 9.64 Å². The van der Waals surface area contributed by atoms with E-state index in [1.807, 2.05) is 13.8 Å². The van der Waals surface area contributed by atoms with E-state index in [0.717, 1.165) is 5.56 Å². The van der Waals surface area contributed by atoms with Gasteiger partial charge in [-0.1, -0.05) is 6.07 Å². The Kier molecular flexibility index (Phi) is 5.44. The zero-order chi connectivity index (χ0) is 17.2. The number of ether oxygens (including phenoxy) is 1. The van der Waals surface area contributed by atoms with Crippen molar-refractivity contribution in [2.45, 2.75) is 44.7 Å². The second-order valence-corrected chi connectivity index (χ2v) is 7.90. The Morgan fingerprint density at radius 3 is 2.70 bits per heavy atom. The van der Waals surface area contributed by atoms with Crippen molar-refractivity contribution in [2.24, 2.45) is 0 Å². The van der Waals surface area contributed by atoms with Gasteiger partial charge in [-0.25, -0.2) is 13.1 Å². The van der Waals surface area contributed by atoms with Crippen LogP contribution in [0, 0.1) is 6.92 Å². The van der Waals surface area contributed by atoms with Crippen molar-refractivity contribution in [3.63, 3.8) is 0 Å². The van der Waals surface area contributed by atoms with E-state index in [1.165, 1.54) is 12.1 Å². The minimum atomic E-state index is -3.62. The Bertz CT molecular complexity index is 685. The Morgan fingerprint density at radius 2 is 2.09 bits per heavy atom. The molecule has 1 atom stereocenters. The zero-order valence-electron chi connectivity index (χ0n) is 14.0. The van der Waals surface area contributed by atoms with E-state index in [0.29, 0.717) is 25.3 Å². The summed E-state index contributed by atoms with van der Waals surface area (Å²) in [7, 11) is -3.62. The van der Waals surface area contributed by atoms with Crippen LogP contribution in [-0.4, -0.2) is 51.1 Å². The third kappa shape index (κ3) is 4.31. The quantitative estimate of drug-likeness (QED) is 0.902. The van der Waals surface area contributed by atoms with Crippen molar-refractivity contribution in [3.8, 4) is 0 Å². The van der Waals surface area contributed by atoms with Crippen LogP contribution in [0.2, 0.25) is 0 Å². The van der Waals surface area contributed by atoms with Crippen molar-refractivity contribution < 1.29 is 17.9 Å². The maximum absolute atomic E-state index is 12.7. The van der Waals surface area contributed by atoms with Gasteiger partial charge in [0.15, 0.2) is 0 Å². The normalized spacial score (nSPS) is 19.2. The van der Waals surface area contributed by atoms with Crippen LogP contribution in [0.5, 0.6) is 0 Å². The van der Waals surface area contributed by atoms with Gasteiger partial charge in [-0.05, 0) is 45.4 Å². The van der Waals surface area contributed by atoms with Crippen LogP contribution >= 0.6 is 0 Å². The number of amides is 1. The molecule has 1 aromatic carbocycles. The van der Waals surface area contributed by atoms with Crippen LogP contribution in [0.25, 0.3) is 0 Å². The van der Waals surface area contributed by atoms with Crippen molar-refractivity contribution in [1.82, 2.24) is 9.62 Å². The molecule has 1 aliphatic rings. The zero-order valence-corrected chi connectivity index (χ0v) is 14.8. The first kappa shape index (κ1) is 17.9. The lowest BCUT2D eigenvalue weighted by Gasteiger charge is -2.31.